The van der Waals surface area contributed by atoms with Gasteiger partial charge in [0.25, 0.3) is 10.0 Å². The van der Waals surface area contributed by atoms with Gasteiger partial charge in [0.2, 0.25) is 0 Å². The first-order chi connectivity index (χ1) is 12.9. The topological polar surface area (TPSA) is 74.3 Å². The summed E-state index contributed by atoms with van der Waals surface area (Å²) in [5, 5.41) is 4.83. The highest BCUT2D eigenvalue weighted by Gasteiger charge is 2.43. The van der Waals surface area contributed by atoms with Gasteiger partial charge in [0.1, 0.15) is 9.92 Å². The Morgan fingerprint density at radius 1 is 1.30 bits per heavy atom. The maximum absolute atomic E-state index is 14.7. The van der Waals surface area contributed by atoms with Crippen molar-refractivity contribution in [2.24, 2.45) is 0 Å². The molecule has 2 aromatic rings. The number of nitrogens with zero attached hydrogens (tertiary/aromatic N) is 2. The molecule has 2 aliphatic rings. The Morgan fingerprint density at radius 3 is 2.70 bits per heavy atom. The largest absolute Gasteiger partial charge is 0.382 e. The lowest BCUT2D eigenvalue weighted by atomic mass is 9.94. The molecule has 0 saturated carbocycles. The molecule has 0 unspecified atom stereocenters. The number of hydrogen-bond acceptors (Lipinski definition) is 6. The van der Waals surface area contributed by atoms with E-state index in [1.807, 2.05) is 0 Å². The van der Waals surface area contributed by atoms with Crippen LogP contribution < -0.4 is 10.0 Å². The molecular formula is C17H20ClFN4O2S2. The van der Waals surface area contributed by atoms with E-state index >= 15 is 0 Å². The summed E-state index contributed by atoms with van der Waals surface area (Å²) in [7, 11) is -4.10. The normalized spacial score (nSPS) is 19.2. The predicted octanol–water partition coefficient (Wildman–Crippen LogP) is 3.78. The number of thiazole rings is 1. The maximum atomic E-state index is 14.7. The van der Waals surface area contributed by atoms with Gasteiger partial charge in [-0.1, -0.05) is 11.6 Å². The smallest absolute Gasteiger partial charge is 0.266 e. The molecule has 2 fully saturated rings. The highest BCUT2D eigenvalue weighted by molar-refractivity contribution is 7.93. The lowest BCUT2D eigenvalue weighted by Crippen LogP contribution is -2.44. The Hall–Kier alpha value is -1.42. The summed E-state index contributed by atoms with van der Waals surface area (Å²) in [5.74, 6) is -0.960. The van der Waals surface area contributed by atoms with Crippen LogP contribution in [0.3, 0.4) is 0 Å². The molecule has 27 heavy (non-hydrogen) atoms. The number of fused-ring (bicyclic) bond motifs is 1. The van der Waals surface area contributed by atoms with E-state index < -0.39 is 20.7 Å². The van der Waals surface area contributed by atoms with Gasteiger partial charge in [0.15, 0.2) is 10.9 Å². The van der Waals surface area contributed by atoms with Crippen molar-refractivity contribution in [3.63, 3.8) is 0 Å². The van der Waals surface area contributed by atoms with Crippen molar-refractivity contribution in [2.75, 3.05) is 29.7 Å². The van der Waals surface area contributed by atoms with Gasteiger partial charge < -0.3 is 5.32 Å². The fraction of sp³-hybridized carbons (Fsp3) is 0.471. The summed E-state index contributed by atoms with van der Waals surface area (Å²) >= 11 is 7.27. The Morgan fingerprint density at radius 2 is 2.04 bits per heavy atom. The second-order valence-electron chi connectivity index (χ2n) is 6.95. The van der Waals surface area contributed by atoms with Crippen molar-refractivity contribution in [2.45, 2.75) is 36.1 Å². The second kappa shape index (κ2) is 7.20. The number of nitrogens with one attached hydrogen (secondary N) is 2. The number of aromatic nitrogens is 1. The van der Waals surface area contributed by atoms with Crippen LogP contribution in [0.5, 0.6) is 0 Å². The molecule has 0 bridgehead atoms. The van der Waals surface area contributed by atoms with Crippen molar-refractivity contribution in [3.8, 4) is 0 Å². The zero-order valence-corrected chi connectivity index (χ0v) is 16.9. The predicted molar refractivity (Wildman–Crippen MR) is 106 cm³/mol. The number of hydrogen-bond donors (Lipinski definition) is 2. The van der Waals surface area contributed by atoms with Crippen LogP contribution in [0.15, 0.2) is 28.6 Å². The first kappa shape index (κ1) is 18.9. The molecule has 10 heteroatoms. The Labute approximate surface area is 166 Å². The van der Waals surface area contributed by atoms with Gasteiger partial charge in [-0.05, 0) is 50.9 Å². The third kappa shape index (κ3) is 3.53. The van der Waals surface area contributed by atoms with E-state index in [-0.39, 0.29) is 15.7 Å². The van der Waals surface area contributed by atoms with Gasteiger partial charge in [-0.3, -0.25) is 9.62 Å². The van der Waals surface area contributed by atoms with Gasteiger partial charge in [0.05, 0.1) is 5.69 Å². The van der Waals surface area contributed by atoms with Gasteiger partial charge >= 0.3 is 0 Å². The van der Waals surface area contributed by atoms with Crippen molar-refractivity contribution in [1.82, 2.24) is 9.88 Å². The van der Waals surface area contributed by atoms with E-state index in [1.165, 1.54) is 31.2 Å². The highest BCUT2D eigenvalue weighted by Crippen LogP contribution is 2.39. The molecule has 6 nitrogen and oxygen atoms in total. The molecule has 2 saturated heterocycles. The molecule has 0 spiro atoms. The molecule has 0 radical (unpaired) electrons. The number of anilines is 2. The van der Waals surface area contributed by atoms with Crippen molar-refractivity contribution in [1.29, 1.82) is 0 Å². The average Bonchev–Trinajstić information content (AvgIpc) is 3.32. The molecule has 2 N–H and O–H groups in total. The van der Waals surface area contributed by atoms with Crippen LogP contribution in [0.4, 0.5) is 15.2 Å². The Kier molecular flexibility index (Phi) is 5.04. The summed E-state index contributed by atoms with van der Waals surface area (Å²) in [6, 6.07) is 2.75. The summed E-state index contributed by atoms with van der Waals surface area (Å²) in [5.41, 5.74) is 0.521. The van der Waals surface area contributed by atoms with Gasteiger partial charge in [-0.2, -0.15) is 0 Å². The van der Waals surface area contributed by atoms with Crippen LogP contribution in [0.2, 0.25) is 5.02 Å². The van der Waals surface area contributed by atoms with Crippen LogP contribution in [0, 0.1) is 5.82 Å². The van der Waals surface area contributed by atoms with E-state index in [0.29, 0.717) is 12.2 Å². The lowest BCUT2D eigenvalue weighted by molar-refractivity contribution is 0.209. The average molecular weight is 431 g/mol. The van der Waals surface area contributed by atoms with E-state index in [9.17, 15) is 12.8 Å². The van der Waals surface area contributed by atoms with Gasteiger partial charge in [-0.25, -0.2) is 17.8 Å². The SMILES string of the molecule is O=S(=O)(Nc1nccs1)c1ccc(NCC23CCCN2CCC3)c(Cl)c1F. The molecule has 2 aliphatic heterocycles. The molecule has 0 atom stereocenters. The highest BCUT2D eigenvalue weighted by atomic mass is 35.5. The summed E-state index contributed by atoms with van der Waals surface area (Å²) in [6.07, 6.45) is 6.04. The fourth-order valence-electron chi connectivity index (χ4n) is 4.09. The standard InChI is InChI=1S/C17H20ClFN4O2S2/c18-14-12(21-11-17-5-1-8-23(17)9-2-6-17)3-4-13(15(14)19)27(24,25)22-16-20-7-10-26-16/h3-4,7,10,21H,1-2,5-6,8-9,11H2,(H,20,22). The minimum atomic E-state index is -4.10. The van der Waals surface area contributed by atoms with E-state index in [0.717, 1.165) is 37.3 Å². The first-order valence-corrected chi connectivity index (χ1v) is 11.5. The summed E-state index contributed by atoms with van der Waals surface area (Å²) in [4.78, 5) is 5.85. The molecule has 0 amide bonds. The third-order valence-electron chi connectivity index (χ3n) is 5.41. The molecule has 4 rings (SSSR count). The molecule has 146 valence electrons. The molecule has 3 heterocycles. The van der Waals surface area contributed by atoms with E-state index in [1.54, 1.807) is 5.38 Å². The number of sulfonamides is 1. The fourth-order valence-corrected chi connectivity index (χ4v) is 6.25. The number of benzene rings is 1. The summed E-state index contributed by atoms with van der Waals surface area (Å²) in [6.45, 7) is 2.88. The molecule has 1 aromatic carbocycles. The monoisotopic (exact) mass is 430 g/mol. The van der Waals surface area contributed by atoms with Crippen LogP contribution in [-0.2, 0) is 10.0 Å². The van der Waals surface area contributed by atoms with Crippen molar-refractivity contribution >= 4 is 43.8 Å². The molecule has 1 aromatic heterocycles. The van der Waals surface area contributed by atoms with Gasteiger partial charge in [0, 0.05) is 23.7 Å². The number of halogens is 2. The van der Waals surface area contributed by atoms with E-state index in [4.69, 9.17) is 11.6 Å². The van der Waals surface area contributed by atoms with Crippen LogP contribution in [0.1, 0.15) is 25.7 Å². The van der Waals surface area contributed by atoms with Crippen LogP contribution in [-0.4, -0.2) is 43.5 Å². The first-order valence-electron chi connectivity index (χ1n) is 8.81. The second-order valence-corrected chi connectivity index (χ2v) is 9.88. The summed E-state index contributed by atoms with van der Waals surface area (Å²) < 4.78 is 41.9. The van der Waals surface area contributed by atoms with E-state index in [2.05, 4.69) is 19.9 Å². The zero-order valence-electron chi connectivity index (χ0n) is 14.5. The Bertz CT molecular complexity index is 927. The van der Waals surface area contributed by atoms with Crippen molar-refractivity contribution in [3.05, 3.63) is 34.5 Å². The third-order valence-corrected chi connectivity index (χ3v) is 7.95. The Balaban J connectivity index is 1.54. The minimum absolute atomic E-state index is 0.108. The maximum Gasteiger partial charge on any atom is 0.266 e. The molecular weight excluding hydrogens is 411 g/mol. The van der Waals surface area contributed by atoms with Gasteiger partial charge in [-0.15, -0.1) is 11.3 Å². The van der Waals surface area contributed by atoms with Crippen LogP contribution >= 0.6 is 22.9 Å². The number of rotatable bonds is 6. The molecule has 0 aliphatic carbocycles. The van der Waals surface area contributed by atoms with Crippen molar-refractivity contribution < 1.29 is 12.8 Å². The zero-order chi connectivity index (χ0) is 19.1. The van der Waals surface area contributed by atoms with Crippen LogP contribution in [0.25, 0.3) is 0 Å². The quantitative estimate of drug-likeness (QED) is 0.729. The lowest BCUT2D eigenvalue weighted by Gasteiger charge is -2.32. The minimum Gasteiger partial charge on any atom is -0.382 e.